The van der Waals surface area contributed by atoms with Crippen molar-refractivity contribution in [3.63, 3.8) is 0 Å². The quantitative estimate of drug-likeness (QED) is 0.484. The van der Waals surface area contributed by atoms with Gasteiger partial charge in [0.25, 0.3) is 0 Å². The second kappa shape index (κ2) is 2.56. The zero-order chi connectivity index (χ0) is 7.72. The molecule has 0 aliphatic heterocycles. The molecule has 0 aromatic heterocycles. The number of carbonyl (C=O) groups is 1. The van der Waals surface area contributed by atoms with Gasteiger partial charge in [0, 0.05) is 0 Å². The van der Waals surface area contributed by atoms with Crippen LogP contribution in [0.5, 0.6) is 0 Å². The van der Waals surface area contributed by atoms with Crippen LogP contribution in [0.25, 0.3) is 0 Å². The van der Waals surface area contributed by atoms with E-state index < -0.39 is 18.1 Å². The van der Waals surface area contributed by atoms with Crippen molar-refractivity contribution in [1.82, 2.24) is 0 Å². The summed E-state index contributed by atoms with van der Waals surface area (Å²) in [7, 11) is 0. The molecule has 4 nitrogen and oxygen atoms in total. The number of carboxylic acid groups (broad SMARTS) is 1. The molecule has 10 heavy (non-hydrogen) atoms. The molecule has 58 valence electrons. The Morgan fingerprint density at radius 2 is 2.10 bits per heavy atom. The number of carboxylic acids is 1. The highest BCUT2D eigenvalue weighted by molar-refractivity contribution is 5.74. The van der Waals surface area contributed by atoms with E-state index in [0.717, 1.165) is 12.8 Å². The Morgan fingerprint density at radius 3 is 2.40 bits per heavy atom. The average molecular weight is 145 g/mol. The van der Waals surface area contributed by atoms with Crippen molar-refractivity contribution in [2.24, 2.45) is 11.7 Å². The lowest BCUT2D eigenvalue weighted by atomic mass is 10.1. The molecule has 1 aliphatic carbocycles. The zero-order valence-electron chi connectivity index (χ0n) is 5.53. The molecule has 0 amide bonds. The largest absolute Gasteiger partial charge is 0.480 e. The molecule has 0 saturated heterocycles. The Morgan fingerprint density at radius 1 is 1.60 bits per heavy atom. The highest BCUT2D eigenvalue weighted by atomic mass is 16.4. The molecule has 1 fully saturated rings. The lowest BCUT2D eigenvalue weighted by Crippen LogP contribution is -2.42. The molecular formula is C6H11NO3. The monoisotopic (exact) mass is 145 g/mol. The number of hydrogen-bond donors (Lipinski definition) is 3. The minimum Gasteiger partial charge on any atom is -0.480 e. The predicted molar refractivity (Wildman–Crippen MR) is 34.3 cm³/mol. The maximum Gasteiger partial charge on any atom is 0.323 e. The van der Waals surface area contributed by atoms with Crippen LogP contribution < -0.4 is 5.73 Å². The van der Waals surface area contributed by atoms with E-state index in [2.05, 4.69) is 0 Å². The van der Waals surface area contributed by atoms with Crippen LogP contribution in [-0.4, -0.2) is 28.3 Å². The fourth-order valence-corrected chi connectivity index (χ4v) is 0.877. The van der Waals surface area contributed by atoms with Crippen molar-refractivity contribution in [3.05, 3.63) is 0 Å². The number of aliphatic carboxylic acids is 1. The van der Waals surface area contributed by atoms with Crippen LogP contribution in [0.1, 0.15) is 12.8 Å². The summed E-state index contributed by atoms with van der Waals surface area (Å²) in [6.07, 6.45) is 0.960. The lowest BCUT2D eigenvalue weighted by molar-refractivity contribution is -0.141. The smallest absolute Gasteiger partial charge is 0.323 e. The molecule has 0 unspecified atom stereocenters. The Hall–Kier alpha value is -0.610. The Bertz CT molecular complexity index is 144. The van der Waals surface area contributed by atoms with E-state index in [1.54, 1.807) is 0 Å². The minimum absolute atomic E-state index is 0.131. The fourth-order valence-electron chi connectivity index (χ4n) is 0.877. The summed E-state index contributed by atoms with van der Waals surface area (Å²) in [6.45, 7) is 0. The molecule has 0 aromatic rings. The van der Waals surface area contributed by atoms with E-state index in [1.807, 2.05) is 0 Å². The summed E-state index contributed by atoms with van der Waals surface area (Å²) in [6, 6.07) is -1.10. The first-order valence-electron chi connectivity index (χ1n) is 3.29. The van der Waals surface area contributed by atoms with Gasteiger partial charge in [-0.2, -0.15) is 0 Å². The summed E-state index contributed by atoms with van der Waals surface area (Å²) in [5.41, 5.74) is 5.15. The van der Waals surface area contributed by atoms with Gasteiger partial charge in [-0.3, -0.25) is 4.79 Å². The van der Waals surface area contributed by atoms with E-state index in [9.17, 15) is 4.79 Å². The highest BCUT2D eigenvalue weighted by Crippen LogP contribution is 2.33. The van der Waals surface area contributed by atoms with Crippen molar-refractivity contribution in [1.29, 1.82) is 0 Å². The molecule has 0 bridgehead atoms. The molecule has 1 aliphatic rings. The van der Waals surface area contributed by atoms with Gasteiger partial charge in [0.05, 0.1) is 6.10 Å². The molecule has 4 heteroatoms. The predicted octanol–water partition coefficient (Wildman–Crippen LogP) is -0.831. The van der Waals surface area contributed by atoms with Gasteiger partial charge in [-0.25, -0.2) is 0 Å². The van der Waals surface area contributed by atoms with Crippen LogP contribution in [0.3, 0.4) is 0 Å². The standard InChI is InChI=1S/C6H11NO3/c7-4(6(9)10)5(8)3-1-2-3/h3-5,8H,1-2,7H2,(H,9,10)/t4-,5+/m1/s1. The molecule has 0 aromatic carbocycles. The van der Waals surface area contributed by atoms with Crippen LogP contribution in [0.2, 0.25) is 0 Å². The van der Waals surface area contributed by atoms with E-state index >= 15 is 0 Å². The summed E-state index contributed by atoms with van der Waals surface area (Å²) >= 11 is 0. The van der Waals surface area contributed by atoms with Gasteiger partial charge in [-0.05, 0) is 18.8 Å². The maximum absolute atomic E-state index is 10.2. The van der Waals surface area contributed by atoms with Crippen molar-refractivity contribution in [3.8, 4) is 0 Å². The topological polar surface area (TPSA) is 83.6 Å². The van der Waals surface area contributed by atoms with Gasteiger partial charge in [-0.15, -0.1) is 0 Å². The summed E-state index contributed by atoms with van der Waals surface area (Å²) in [5.74, 6) is -0.995. The van der Waals surface area contributed by atoms with Gasteiger partial charge >= 0.3 is 5.97 Å². The van der Waals surface area contributed by atoms with E-state index in [0.29, 0.717) is 0 Å². The zero-order valence-corrected chi connectivity index (χ0v) is 5.53. The first-order chi connectivity index (χ1) is 4.63. The van der Waals surface area contributed by atoms with Crippen LogP contribution in [0, 0.1) is 5.92 Å². The van der Waals surface area contributed by atoms with E-state index in [4.69, 9.17) is 15.9 Å². The number of hydrogen-bond acceptors (Lipinski definition) is 3. The molecular weight excluding hydrogens is 134 g/mol. The number of aliphatic hydroxyl groups excluding tert-OH is 1. The third-order valence-electron chi connectivity index (χ3n) is 1.76. The third-order valence-corrected chi connectivity index (χ3v) is 1.76. The van der Waals surface area contributed by atoms with Gasteiger partial charge < -0.3 is 15.9 Å². The van der Waals surface area contributed by atoms with E-state index in [-0.39, 0.29) is 5.92 Å². The van der Waals surface area contributed by atoms with Crippen LogP contribution in [-0.2, 0) is 4.79 Å². The van der Waals surface area contributed by atoms with Crippen molar-refractivity contribution >= 4 is 5.97 Å². The molecule has 4 N–H and O–H groups in total. The minimum atomic E-state index is -1.13. The Labute approximate surface area is 58.6 Å². The fraction of sp³-hybridized carbons (Fsp3) is 0.833. The number of rotatable bonds is 3. The van der Waals surface area contributed by atoms with Crippen molar-refractivity contribution in [2.45, 2.75) is 25.0 Å². The first kappa shape index (κ1) is 7.50. The average Bonchev–Trinajstić information content (AvgIpc) is 2.65. The SMILES string of the molecule is N[C@@H](C(=O)O)[C@@H](O)C1CC1. The summed E-state index contributed by atoms with van der Waals surface area (Å²) in [5, 5.41) is 17.5. The second-order valence-electron chi connectivity index (χ2n) is 2.69. The van der Waals surface area contributed by atoms with Gasteiger partial charge in [0.2, 0.25) is 0 Å². The Balaban J connectivity index is 2.38. The van der Waals surface area contributed by atoms with Gasteiger partial charge in [0.1, 0.15) is 6.04 Å². The van der Waals surface area contributed by atoms with Crippen molar-refractivity contribution in [2.75, 3.05) is 0 Å². The normalized spacial score (nSPS) is 23.8. The molecule has 0 heterocycles. The molecule has 2 atom stereocenters. The lowest BCUT2D eigenvalue weighted by Gasteiger charge is -2.12. The Kier molecular flexibility index (Phi) is 1.92. The highest BCUT2D eigenvalue weighted by Gasteiger charge is 2.36. The van der Waals surface area contributed by atoms with Gasteiger partial charge in [-0.1, -0.05) is 0 Å². The second-order valence-corrected chi connectivity index (χ2v) is 2.69. The molecule has 0 spiro atoms. The maximum atomic E-state index is 10.2. The van der Waals surface area contributed by atoms with Crippen LogP contribution in [0.4, 0.5) is 0 Å². The van der Waals surface area contributed by atoms with Crippen molar-refractivity contribution < 1.29 is 15.0 Å². The molecule has 0 radical (unpaired) electrons. The van der Waals surface area contributed by atoms with Crippen LogP contribution in [0.15, 0.2) is 0 Å². The molecule has 1 saturated carbocycles. The number of aliphatic hydroxyl groups is 1. The van der Waals surface area contributed by atoms with Gasteiger partial charge in [0.15, 0.2) is 0 Å². The van der Waals surface area contributed by atoms with Crippen LogP contribution >= 0.6 is 0 Å². The third kappa shape index (κ3) is 1.46. The summed E-state index contributed by atoms with van der Waals surface area (Å²) < 4.78 is 0. The molecule has 1 rings (SSSR count). The summed E-state index contributed by atoms with van der Waals surface area (Å²) in [4.78, 5) is 10.2. The first-order valence-corrected chi connectivity index (χ1v) is 3.29. The van der Waals surface area contributed by atoms with E-state index in [1.165, 1.54) is 0 Å². The number of nitrogens with two attached hydrogens (primary N) is 1.